The third-order valence-electron chi connectivity index (χ3n) is 3.53. The lowest BCUT2D eigenvalue weighted by Gasteiger charge is -2.15. The summed E-state index contributed by atoms with van der Waals surface area (Å²) in [6.07, 6.45) is 1.80. The number of hydrogen-bond acceptors (Lipinski definition) is 4. The standard InChI is InChI=1S/C17H26N4OS/c1-12(13-7-6-8-23-13)9-20-16(18-5)21-11-15-19-10-14(22-15)17(2,3)4/h6-8,10,12H,9,11H2,1-5H3,(H2,18,20,21). The van der Waals surface area contributed by atoms with Gasteiger partial charge in [-0.25, -0.2) is 4.98 Å². The third kappa shape index (κ3) is 5.10. The van der Waals surface area contributed by atoms with Crippen LogP contribution < -0.4 is 10.6 Å². The molecule has 2 aromatic rings. The van der Waals surface area contributed by atoms with Crippen molar-refractivity contribution in [2.75, 3.05) is 13.6 Å². The van der Waals surface area contributed by atoms with E-state index in [1.54, 1.807) is 24.6 Å². The average molecular weight is 334 g/mol. The van der Waals surface area contributed by atoms with Crippen LogP contribution in [-0.2, 0) is 12.0 Å². The number of aliphatic imine (C=N–C) groups is 1. The van der Waals surface area contributed by atoms with E-state index in [9.17, 15) is 0 Å². The molecule has 2 rings (SSSR count). The molecule has 0 radical (unpaired) electrons. The number of aromatic nitrogens is 1. The van der Waals surface area contributed by atoms with Crippen LogP contribution in [0.3, 0.4) is 0 Å². The summed E-state index contributed by atoms with van der Waals surface area (Å²) in [6.45, 7) is 9.88. The van der Waals surface area contributed by atoms with E-state index < -0.39 is 0 Å². The van der Waals surface area contributed by atoms with Crippen molar-refractivity contribution in [2.45, 2.75) is 45.6 Å². The van der Waals surface area contributed by atoms with Gasteiger partial charge in [0.15, 0.2) is 5.96 Å². The first-order valence-corrected chi connectivity index (χ1v) is 8.71. The van der Waals surface area contributed by atoms with E-state index in [-0.39, 0.29) is 5.41 Å². The number of rotatable bonds is 5. The van der Waals surface area contributed by atoms with Gasteiger partial charge in [0.2, 0.25) is 5.89 Å². The zero-order chi connectivity index (χ0) is 16.9. The van der Waals surface area contributed by atoms with Crippen molar-refractivity contribution < 1.29 is 4.42 Å². The van der Waals surface area contributed by atoms with Crippen LogP contribution in [0.1, 0.15) is 50.1 Å². The van der Waals surface area contributed by atoms with Crippen LogP contribution in [0.5, 0.6) is 0 Å². The second kappa shape index (κ2) is 7.64. The fourth-order valence-corrected chi connectivity index (χ4v) is 2.83. The number of thiophene rings is 1. The summed E-state index contributed by atoms with van der Waals surface area (Å²) in [6, 6.07) is 4.24. The first kappa shape index (κ1) is 17.5. The summed E-state index contributed by atoms with van der Waals surface area (Å²) < 4.78 is 5.77. The van der Waals surface area contributed by atoms with Crippen molar-refractivity contribution in [3.8, 4) is 0 Å². The van der Waals surface area contributed by atoms with Crippen LogP contribution in [0.25, 0.3) is 0 Å². The predicted molar refractivity (Wildman–Crippen MR) is 96.1 cm³/mol. The van der Waals surface area contributed by atoms with E-state index in [0.717, 1.165) is 18.3 Å². The van der Waals surface area contributed by atoms with Crippen LogP contribution in [0.2, 0.25) is 0 Å². The van der Waals surface area contributed by atoms with Crippen molar-refractivity contribution in [1.29, 1.82) is 0 Å². The Labute approximate surface area is 142 Å². The molecule has 0 aliphatic rings. The van der Waals surface area contributed by atoms with E-state index in [4.69, 9.17) is 4.42 Å². The Kier molecular flexibility index (Phi) is 5.82. The Morgan fingerprint density at radius 1 is 1.39 bits per heavy atom. The Hall–Kier alpha value is -1.82. The molecule has 6 heteroatoms. The van der Waals surface area contributed by atoms with E-state index >= 15 is 0 Å². The fraction of sp³-hybridized carbons (Fsp3) is 0.529. The molecular weight excluding hydrogens is 308 g/mol. The van der Waals surface area contributed by atoms with Crippen LogP contribution in [0, 0.1) is 0 Å². The highest BCUT2D eigenvalue weighted by Gasteiger charge is 2.19. The molecule has 0 aliphatic carbocycles. The maximum Gasteiger partial charge on any atom is 0.213 e. The minimum atomic E-state index is -0.0265. The molecule has 2 heterocycles. The molecule has 126 valence electrons. The van der Waals surface area contributed by atoms with Gasteiger partial charge in [0.1, 0.15) is 5.76 Å². The zero-order valence-corrected chi connectivity index (χ0v) is 15.3. The number of nitrogens with one attached hydrogen (secondary N) is 2. The van der Waals surface area contributed by atoms with Gasteiger partial charge in [-0.05, 0) is 11.4 Å². The molecule has 2 aromatic heterocycles. The highest BCUT2D eigenvalue weighted by atomic mass is 32.1. The maximum absolute atomic E-state index is 5.77. The van der Waals surface area contributed by atoms with Crippen molar-refractivity contribution >= 4 is 17.3 Å². The first-order chi connectivity index (χ1) is 10.9. The Morgan fingerprint density at radius 2 is 2.17 bits per heavy atom. The molecule has 0 fully saturated rings. The summed E-state index contributed by atoms with van der Waals surface area (Å²) in [4.78, 5) is 9.93. The predicted octanol–water partition coefficient (Wildman–Crippen LogP) is 3.50. The number of nitrogens with zero attached hydrogens (tertiary/aromatic N) is 2. The number of hydrogen-bond donors (Lipinski definition) is 2. The van der Waals surface area contributed by atoms with Gasteiger partial charge in [-0.15, -0.1) is 11.3 Å². The second-order valence-electron chi connectivity index (χ2n) is 6.59. The Bertz CT molecular complexity index is 625. The number of guanidine groups is 1. The summed E-state index contributed by atoms with van der Waals surface area (Å²) in [5.41, 5.74) is -0.0265. The molecule has 0 saturated heterocycles. The smallest absolute Gasteiger partial charge is 0.213 e. The molecule has 1 unspecified atom stereocenters. The summed E-state index contributed by atoms with van der Waals surface area (Å²) in [5, 5.41) is 8.68. The highest BCUT2D eigenvalue weighted by Crippen LogP contribution is 2.22. The lowest BCUT2D eigenvalue weighted by Crippen LogP contribution is -2.38. The van der Waals surface area contributed by atoms with Crippen LogP contribution in [0.4, 0.5) is 0 Å². The van der Waals surface area contributed by atoms with E-state index in [0.29, 0.717) is 18.4 Å². The molecule has 1 atom stereocenters. The van der Waals surface area contributed by atoms with E-state index in [1.807, 2.05) is 0 Å². The quantitative estimate of drug-likeness (QED) is 0.649. The third-order valence-corrected chi connectivity index (χ3v) is 4.63. The molecule has 0 spiro atoms. The number of oxazole rings is 1. The normalized spacial score (nSPS) is 13.9. The van der Waals surface area contributed by atoms with Gasteiger partial charge in [-0.2, -0.15) is 0 Å². The van der Waals surface area contributed by atoms with Gasteiger partial charge >= 0.3 is 0 Å². The van der Waals surface area contributed by atoms with Crippen molar-refractivity contribution in [1.82, 2.24) is 15.6 Å². The highest BCUT2D eigenvalue weighted by molar-refractivity contribution is 7.10. The average Bonchev–Trinajstić information content (AvgIpc) is 3.18. The van der Waals surface area contributed by atoms with Gasteiger partial charge in [0.05, 0.1) is 12.7 Å². The molecule has 0 bridgehead atoms. The van der Waals surface area contributed by atoms with Crippen molar-refractivity contribution in [3.05, 3.63) is 40.2 Å². The minimum absolute atomic E-state index is 0.0265. The Morgan fingerprint density at radius 3 is 2.74 bits per heavy atom. The molecule has 0 saturated carbocycles. The van der Waals surface area contributed by atoms with Crippen molar-refractivity contribution in [3.63, 3.8) is 0 Å². The molecular formula is C17H26N4OS. The zero-order valence-electron chi connectivity index (χ0n) is 14.5. The second-order valence-corrected chi connectivity index (χ2v) is 7.57. The molecule has 2 N–H and O–H groups in total. The lowest BCUT2D eigenvalue weighted by molar-refractivity contribution is 0.379. The first-order valence-electron chi connectivity index (χ1n) is 7.83. The van der Waals surface area contributed by atoms with E-state index in [1.165, 1.54) is 4.88 Å². The van der Waals surface area contributed by atoms with Gasteiger partial charge < -0.3 is 15.1 Å². The molecule has 5 nitrogen and oxygen atoms in total. The van der Waals surface area contributed by atoms with Crippen LogP contribution in [-0.4, -0.2) is 24.5 Å². The largest absolute Gasteiger partial charge is 0.443 e. The molecule has 0 aliphatic heterocycles. The van der Waals surface area contributed by atoms with Gasteiger partial charge in [-0.3, -0.25) is 4.99 Å². The van der Waals surface area contributed by atoms with E-state index in [2.05, 4.69) is 65.8 Å². The van der Waals surface area contributed by atoms with Crippen LogP contribution >= 0.6 is 11.3 Å². The molecule has 23 heavy (non-hydrogen) atoms. The molecule has 0 aromatic carbocycles. The topological polar surface area (TPSA) is 62.5 Å². The summed E-state index contributed by atoms with van der Waals surface area (Å²) >= 11 is 1.78. The lowest BCUT2D eigenvalue weighted by atomic mass is 9.94. The SMILES string of the molecule is CN=C(NCc1ncc(C(C)(C)C)o1)NCC(C)c1cccs1. The van der Waals surface area contributed by atoms with Crippen molar-refractivity contribution in [2.24, 2.45) is 4.99 Å². The summed E-state index contributed by atoms with van der Waals surface area (Å²) in [5.74, 6) is 2.76. The Balaban J connectivity index is 1.82. The minimum Gasteiger partial charge on any atom is -0.443 e. The van der Waals surface area contributed by atoms with Gasteiger partial charge in [0, 0.05) is 29.8 Å². The molecule has 0 amide bonds. The monoisotopic (exact) mass is 334 g/mol. The fourth-order valence-electron chi connectivity index (χ4n) is 2.04. The summed E-state index contributed by atoms with van der Waals surface area (Å²) in [7, 11) is 1.77. The van der Waals surface area contributed by atoms with Gasteiger partial charge in [-0.1, -0.05) is 33.8 Å². The van der Waals surface area contributed by atoms with Crippen LogP contribution in [0.15, 0.2) is 33.1 Å². The maximum atomic E-state index is 5.77. The van der Waals surface area contributed by atoms with Gasteiger partial charge in [0.25, 0.3) is 0 Å².